The van der Waals surface area contributed by atoms with Gasteiger partial charge in [0.25, 0.3) is 0 Å². The first-order valence-corrected chi connectivity index (χ1v) is 5.23. The van der Waals surface area contributed by atoms with Gasteiger partial charge in [-0.3, -0.25) is 0 Å². The average Bonchev–Trinajstić information content (AvgIpc) is 2.18. The summed E-state index contributed by atoms with van der Waals surface area (Å²) in [5, 5.41) is 19.7. The molecule has 0 fully saturated rings. The van der Waals surface area contributed by atoms with Crippen molar-refractivity contribution in [2.24, 2.45) is 0 Å². The van der Waals surface area contributed by atoms with Gasteiger partial charge >= 0.3 is 5.97 Å². The molecule has 0 bridgehead atoms. The number of carbonyl (C=O) groups excluding carboxylic acids is 1. The molecule has 0 aliphatic carbocycles. The fourth-order valence-corrected chi connectivity index (χ4v) is 1.51. The molecule has 0 radical (unpaired) electrons. The summed E-state index contributed by atoms with van der Waals surface area (Å²) in [5.74, 6) is -0.729. The van der Waals surface area contributed by atoms with Crippen LogP contribution in [0.2, 0.25) is 0 Å². The lowest BCUT2D eigenvalue weighted by Crippen LogP contribution is -2.44. The zero-order valence-electron chi connectivity index (χ0n) is 9.40. The fourth-order valence-electron chi connectivity index (χ4n) is 1.51. The number of aliphatic hydroxyl groups is 2. The molecule has 0 aromatic carbocycles. The maximum absolute atomic E-state index is 10.9. The van der Waals surface area contributed by atoms with Crippen LogP contribution in [0.5, 0.6) is 0 Å². The van der Waals surface area contributed by atoms with Gasteiger partial charge in [-0.05, 0) is 12.8 Å². The number of aliphatic hydroxyl groups excluding tert-OH is 1. The van der Waals surface area contributed by atoms with E-state index in [1.54, 1.807) is 0 Å². The van der Waals surface area contributed by atoms with Crippen LogP contribution in [0.4, 0.5) is 0 Å². The summed E-state index contributed by atoms with van der Waals surface area (Å²) in [7, 11) is 0. The summed E-state index contributed by atoms with van der Waals surface area (Å²) in [5.41, 5.74) is -1.35. The molecule has 1 atom stereocenters. The van der Waals surface area contributed by atoms with Crippen molar-refractivity contribution in [3.8, 4) is 0 Å². The summed E-state index contributed by atoms with van der Waals surface area (Å²) in [4.78, 5) is 10.9. The van der Waals surface area contributed by atoms with Crippen molar-refractivity contribution in [3.05, 3.63) is 12.7 Å². The summed E-state index contributed by atoms with van der Waals surface area (Å²) >= 11 is 0. The molecule has 1 unspecified atom stereocenters. The highest BCUT2D eigenvalue weighted by atomic mass is 16.6. The molecule has 88 valence electrons. The Bertz CT molecular complexity index is 207. The predicted molar refractivity (Wildman–Crippen MR) is 57.1 cm³/mol. The SMILES string of the molecule is C=CC(=O)OC(O)C(O)(CCC)CCC. The van der Waals surface area contributed by atoms with E-state index in [2.05, 4.69) is 11.3 Å². The van der Waals surface area contributed by atoms with Crippen molar-refractivity contribution < 1.29 is 19.7 Å². The van der Waals surface area contributed by atoms with Gasteiger partial charge in [0.2, 0.25) is 6.29 Å². The van der Waals surface area contributed by atoms with Crippen molar-refractivity contribution in [1.29, 1.82) is 0 Å². The number of ether oxygens (including phenoxy) is 1. The molecule has 0 amide bonds. The highest BCUT2D eigenvalue weighted by Gasteiger charge is 2.36. The number of esters is 1. The van der Waals surface area contributed by atoms with E-state index >= 15 is 0 Å². The quantitative estimate of drug-likeness (QED) is 0.383. The highest BCUT2D eigenvalue weighted by molar-refractivity contribution is 5.81. The third kappa shape index (κ3) is 4.44. The standard InChI is InChI=1S/C11H20O4/c1-4-7-11(14,8-5-2)10(13)15-9(12)6-3/h6,10,13-14H,3-5,7-8H2,1-2H3. The summed E-state index contributed by atoms with van der Waals surface area (Å²) in [6, 6.07) is 0. The van der Waals surface area contributed by atoms with Gasteiger partial charge in [-0.25, -0.2) is 4.79 Å². The molecule has 0 spiro atoms. The fraction of sp³-hybridized carbons (Fsp3) is 0.727. The summed E-state index contributed by atoms with van der Waals surface area (Å²) < 4.78 is 4.62. The highest BCUT2D eigenvalue weighted by Crippen LogP contribution is 2.24. The second-order valence-corrected chi connectivity index (χ2v) is 3.60. The minimum Gasteiger partial charge on any atom is -0.430 e. The van der Waals surface area contributed by atoms with E-state index in [0.717, 1.165) is 6.08 Å². The zero-order valence-corrected chi connectivity index (χ0v) is 9.40. The van der Waals surface area contributed by atoms with Crippen molar-refractivity contribution in [2.75, 3.05) is 0 Å². The van der Waals surface area contributed by atoms with E-state index in [1.165, 1.54) is 0 Å². The third-order valence-electron chi connectivity index (χ3n) is 2.22. The van der Waals surface area contributed by atoms with Crippen LogP contribution >= 0.6 is 0 Å². The lowest BCUT2D eigenvalue weighted by Gasteiger charge is -2.31. The summed E-state index contributed by atoms with van der Waals surface area (Å²) in [6.45, 7) is 7.00. The number of hydrogen-bond acceptors (Lipinski definition) is 4. The van der Waals surface area contributed by atoms with E-state index in [-0.39, 0.29) is 0 Å². The first-order chi connectivity index (χ1) is 7.00. The van der Waals surface area contributed by atoms with Gasteiger partial charge in [-0.15, -0.1) is 0 Å². The zero-order chi connectivity index (χ0) is 11.9. The molecule has 0 saturated heterocycles. The van der Waals surface area contributed by atoms with Crippen molar-refractivity contribution in [2.45, 2.75) is 51.4 Å². The minimum absolute atomic E-state index is 0.395. The van der Waals surface area contributed by atoms with E-state index in [1.807, 2.05) is 13.8 Å². The Morgan fingerprint density at radius 2 is 1.93 bits per heavy atom. The molecule has 0 aromatic rings. The Hall–Kier alpha value is -0.870. The molecular formula is C11H20O4. The monoisotopic (exact) mass is 216 g/mol. The second-order valence-electron chi connectivity index (χ2n) is 3.60. The van der Waals surface area contributed by atoms with E-state index in [9.17, 15) is 15.0 Å². The lowest BCUT2D eigenvalue weighted by molar-refractivity contribution is -0.215. The Kier molecular flexibility index (Phi) is 6.20. The normalized spacial score (nSPS) is 13.3. The van der Waals surface area contributed by atoms with Crippen LogP contribution < -0.4 is 0 Å². The molecule has 0 rings (SSSR count). The third-order valence-corrected chi connectivity index (χ3v) is 2.22. The predicted octanol–water partition coefficient (Wildman–Crippen LogP) is 1.37. The first kappa shape index (κ1) is 14.1. The molecule has 2 N–H and O–H groups in total. The van der Waals surface area contributed by atoms with Gasteiger partial charge < -0.3 is 14.9 Å². The average molecular weight is 216 g/mol. The second kappa shape index (κ2) is 6.58. The Morgan fingerprint density at radius 1 is 1.47 bits per heavy atom. The molecule has 0 aromatic heterocycles. The van der Waals surface area contributed by atoms with Crippen LogP contribution in [0, 0.1) is 0 Å². The van der Waals surface area contributed by atoms with Crippen molar-refractivity contribution in [1.82, 2.24) is 0 Å². The Labute approximate surface area is 90.6 Å². The molecule has 4 nitrogen and oxygen atoms in total. The van der Waals surface area contributed by atoms with Crippen LogP contribution in [-0.2, 0) is 9.53 Å². The van der Waals surface area contributed by atoms with Gasteiger partial charge in [0.1, 0.15) is 5.60 Å². The van der Waals surface area contributed by atoms with Gasteiger partial charge in [0.05, 0.1) is 0 Å². The number of hydrogen-bond donors (Lipinski definition) is 2. The molecule has 0 aliphatic rings. The minimum atomic E-state index is -1.48. The maximum atomic E-state index is 10.9. The molecule has 0 aliphatic heterocycles. The first-order valence-electron chi connectivity index (χ1n) is 5.23. The van der Waals surface area contributed by atoms with Gasteiger partial charge in [-0.2, -0.15) is 0 Å². The van der Waals surface area contributed by atoms with Crippen LogP contribution in [0.25, 0.3) is 0 Å². The van der Waals surface area contributed by atoms with E-state index in [0.29, 0.717) is 25.7 Å². The van der Waals surface area contributed by atoms with Crippen LogP contribution in [0.3, 0.4) is 0 Å². The maximum Gasteiger partial charge on any atom is 0.332 e. The topological polar surface area (TPSA) is 66.8 Å². The largest absolute Gasteiger partial charge is 0.430 e. The van der Waals surface area contributed by atoms with Gasteiger partial charge in [0.15, 0.2) is 0 Å². The van der Waals surface area contributed by atoms with Gasteiger partial charge in [-0.1, -0.05) is 33.3 Å². The lowest BCUT2D eigenvalue weighted by atomic mass is 9.92. The van der Waals surface area contributed by atoms with Crippen molar-refractivity contribution in [3.63, 3.8) is 0 Å². The smallest absolute Gasteiger partial charge is 0.332 e. The van der Waals surface area contributed by atoms with Gasteiger partial charge in [0, 0.05) is 6.08 Å². The summed E-state index contributed by atoms with van der Waals surface area (Å²) in [6.07, 6.45) is 1.68. The van der Waals surface area contributed by atoms with Crippen LogP contribution in [0.15, 0.2) is 12.7 Å². The molecular weight excluding hydrogens is 196 g/mol. The van der Waals surface area contributed by atoms with E-state index in [4.69, 9.17) is 0 Å². The Balaban J connectivity index is 4.45. The molecule has 15 heavy (non-hydrogen) atoms. The molecule has 0 heterocycles. The number of carbonyl (C=O) groups is 1. The van der Waals surface area contributed by atoms with Crippen molar-refractivity contribution >= 4 is 5.97 Å². The van der Waals surface area contributed by atoms with Crippen LogP contribution in [-0.4, -0.2) is 28.1 Å². The van der Waals surface area contributed by atoms with Crippen LogP contribution in [0.1, 0.15) is 39.5 Å². The van der Waals surface area contributed by atoms with E-state index < -0.39 is 17.9 Å². The Morgan fingerprint density at radius 3 is 2.27 bits per heavy atom. The number of rotatable bonds is 7. The molecule has 4 heteroatoms. The molecule has 0 saturated carbocycles.